The van der Waals surface area contributed by atoms with E-state index in [2.05, 4.69) is 317 Å². The standard InChI is InChI=1S/C76H58N2/c1-75(2)71-45-51(35-41-65(71)67-43-39-59(49-73(67)75)77(55-21-9-5-10-22-55)56-23-11-6-12-24-56)33-37-53-47-69-64-32-20-18-30-62(64)54(48-70(69)63-31-19-17-29-61(53)63)38-34-52-36-42-66-68-44-40-60(50-74(68)76(3,4)72(66)46-52)78(57-25-13-7-14-26-57)58-27-15-8-16-28-58/h5-50H,1-4H3/b37-33+,38-34+. The van der Waals surface area contributed by atoms with E-state index in [-0.39, 0.29) is 10.8 Å². The molecule has 0 unspecified atom stereocenters. The average Bonchev–Trinajstić information content (AvgIpc) is 4.02. The zero-order valence-electron chi connectivity index (χ0n) is 44.5. The summed E-state index contributed by atoms with van der Waals surface area (Å²) in [6, 6.07) is 93.5. The number of benzene rings is 12. The molecule has 0 aliphatic heterocycles. The van der Waals surface area contributed by atoms with E-state index in [1.807, 2.05) is 0 Å². The highest BCUT2D eigenvalue weighted by Crippen LogP contribution is 2.53. The maximum absolute atomic E-state index is 2.41. The van der Waals surface area contributed by atoms with Crippen LogP contribution in [0.25, 0.3) is 78.9 Å². The summed E-state index contributed by atoms with van der Waals surface area (Å²) in [4.78, 5) is 4.72. The quantitative estimate of drug-likeness (QED) is 0.0995. The topological polar surface area (TPSA) is 6.48 Å². The molecule has 14 rings (SSSR count). The van der Waals surface area contributed by atoms with Crippen LogP contribution in [-0.4, -0.2) is 0 Å². The van der Waals surface area contributed by atoms with Gasteiger partial charge in [0.05, 0.1) is 0 Å². The van der Waals surface area contributed by atoms with Gasteiger partial charge in [-0.25, -0.2) is 0 Å². The maximum Gasteiger partial charge on any atom is 0.0465 e. The third kappa shape index (κ3) is 7.86. The molecule has 2 heteroatoms. The van der Waals surface area contributed by atoms with Gasteiger partial charge in [-0.1, -0.05) is 222 Å². The van der Waals surface area contributed by atoms with E-state index in [0.29, 0.717) is 0 Å². The van der Waals surface area contributed by atoms with Gasteiger partial charge in [0.15, 0.2) is 0 Å². The predicted octanol–water partition coefficient (Wildman–Crippen LogP) is 21.0. The summed E-state index contributed by atoms with van der Waals surface area (Å²) in [6.07, 6.45) is 9.27. The van der Waals surface area contributed by atoms with Gasteiger partial charge in [-0.15, -0.1) is 0 Å². The summed E-state index contributed by atoms with van der Waals surface area (Å²) in [7, 11) is 0. The van der Waals surface area contributed by atoms with E-state index in [1.165, 1.54) is 99.1 Å². The summed E-state index contributed by atoms with van der Waals surface area (Å²) in [5, 5.41) is 7.52. The van der Waals surface area contributed by atoms with E-state index in [9.17, 15) is 0 Å². The fraction of sp³-hybridized carbons (Fsp3) is 0.0789. The normalized spacial score (nSPS) is 13.7. The molecule has 0 fully saturated rings. The zero-order valence-corrected chi connectivity index (χ0v) is 44.5. The fourth-order valence-corrected chi connectivity index (χ4v) is 12.8. The van der Waals surface area contributed by atoms with Crippen LogP contribution in [0.15, 0.2) is 255 Å². The van der Waals surface area contributed by atoms with Crippen molar-refractivity contribution in [2.45, 2.75) is 38.5 Å². The van der Waals surface area contributed by atoms with E-state index in [0.717, 1.165) is 34.1 Å². The van der Waals surface area contributed by atoms with Gasteiger partial charge in [-0.2, -0.15) is 0 Å². The Morgan fingerprint density at radius 1 is 0.244 bits per heavy atom. The number of anilines is 6. The minimum absolute atomic E-state index is 0.188. The lowest BCUT2D eigenvalue weighted by atomic mass is 9.81. The van der Waals surface area contributed by atoms with E-state index in [1.54, 1.807) is 0 Å². The van der Waals surface area contributed by atoms with Crippen molar-refractivity contribution < 1.29 is 0 Å². The molecule has 2 aliphatic carbocycles. The van der Waals surface area contributed by atoms with Crippen LogP contribution >= 0.6 is 0 Å². The lowest BCUT2D eigenvalue weighted by Crippen LogP contribution is -2.16. The highest BCUT2D eigenvalue weighted by atomic mass is 15.1. The van der Waals surface area contributed by atoms with E-state index in [4.69, 9.17) is 0 Å². The van der Waals surface area contributed by atoms with Gasteiger partial charge in [0.1, 0.15) is 0 Å². The third-order valence-electron chi connectivity index (χ3n) is 16.8. The first-order chi connectivity index (χ1) is 38.2. The van der Waals surface area contributed by atoms with Crippen LogP contribution < -0.4 is 9.80 Å². The molecule has 0 radical (unpaired) electrons. The molecule has 0 saturated carbocycles. The molecule has 0 atom stereocenters. The molecule has 0 saturated heterocycles. The van der Waals surface area contributed by atoms with Gasteiger partial charge in [-0.3, -0.25) is 0 Å². The van der Waals surface area contributed by atoms with Gasteiger partial charge in [0.25, 0.3) is 0 Å². The molecule has 0 amide bonds. The number of para-hydroxylation sites is 4. The summed E-state index contributed by atoms with van der Waals surface area (Å²) in [5.74, 6) is 0. The molecular weight excluding hydrogens is 941 g/mol. The van der Waals surface area contributed by atoms with Crippen LogP contribution in [0.4, 0.5) is 34.1 Å². The highest BCUT2D eigenvalue weighted by molar-refractivity contribution is 6.21. The van der Waals surface area contributed by atoms with Crippen LogP contribution in [-0.2, 0) is 10.8 Å². The summed E-state index contributed by atoms with van der Waals surface area (Å²) in [5.41, 5.74) is 22.0. The van der Waals surface area contributed by atoms with Crippen molar-refractivity contribution in [3.63, 3.8) is 0 Å². The molecule has 372 valence electrons. The van der Waals surface area contributed by atoms with E-state index >= 15 is 0 Å². The second-order valence-electron chi connectivity index (χ2n) is 22.1. The van der Waals surface area contributed by atoms with Crippen molar-refractivity contribution in [3.8, 4) is 22.3 Å². The average molecular weight is 999 g/mol. The molecule has 12 aromatic carbocycles. The van der Waals surface area contributed by atoms with Gasteiger partial charge in [-0.05, 0) is 184 Å². The van der Waals surface area contributed by atoms with Crippen molar-refractivity contribution >= 4 is 90.7 Å². The van der Waals surface area contributed by atoms with Gasteiger partial charge in [0, 0.05) is 45.0 Å². The number of nitrogens with zero attached hydrogens (tertiary/aromatic N) is 2. The van der Waals surface area contributed by atoms with Gasteiger partial charge >= 0.3 is 0 Å². The Kier molecular flexibility index (Phi) is 11.2. The van der Waals surface area contributed by atoms with Crippen molar-refractivity contribution in [2.24, 2.45) is 0 Å². The number of hydrogen-bond acceptors (Lipinski definition) is 2. The lowest BCUT2D eigenvalue weighted by molar-refractivity contribution is 0.660. The van der Waals surface area contributed by atoms with Crippen molar-refractivity contribution in [3.05, 3.63) is 299 Å². The largest absolute Gasteiger partial charge is 0.310 e. The predicted molar refractivity (Wildman–Crippen MR) is 334 cm³/mol. The van der Waals surface area contributed by atoms with Crippen LogP contribution in [0.2, 0.25) is 0 Å². The first-order valence-corrected chi connectivity index (χ1v) is 27.3. The molecule has 2 nitrogen and oxygen atoms in total. The number of hydrogen-bond donors (Lipinski definition) is 0. The smallest absolute Gasteiger partial charge is 0.0465 e. The summed E-state index contributed by atoms with van der Waals surface area (Å²) in [6.45, 7) is 9.51. The first-order valence-electron chi connectivity index (χ1n) is 27.3. The molecule has 0 bridgehead atoms. The van der Waals surface area contributed by atoms with Gasteiger partial charge < -0.3 is 9.80 Å². The Balaban J connectivity index is 0.778. The molecule has 0 spiro atoms. The van der Waals surface area contributed by atoms with Gasteiger partial charge in [0.2, 0.25) is 0 Å². The van der Waals surface area contributed by atoms with Crippen molar-refractivity contribution in [2.75, 3.05) is 9.80 Å². The van der Waals surface area contributed by atoms with Crippen LogP contribution in [0.3, 0.4) is 0 Å². The SMILES string of the molecule is CC1(C)c2cc(/C=C/c3cc4c5ccccc5c(/C=C/c5ccc6c(c5)C(C)(C)c5cc(N(c7ccccc7)c7ccccc7)ccc5-6)cc4c4ccccc34)ccc2-c2ccc(N(c3ccccc3)c3ccccc3)cc21. The highest BCUT2D eigenvalue weighted by Gasteiger charge is 2.38. The molecule has 0 aromatic heterocycles. The molecule has 78 heavy (non-hydrogen) atoms. The van der Waals surface area contributed by atoms with Crippen molar-refractivity contribution in [1.29, 1.82) is 0 Å². The van der Waals surface area contributed by atoms with Crippen LogP contribution in [0.1, 0.15) is 72.2 Å². The Labute approximate surface area is 458 Å². The second kappa shape index (κ2) is 18.7. The van der Waals surface area contributed by atoms with Crippen molar-refractivity contribution in [1.82, 2.24) is 0 Å². The maximum atomic E-state index is 2.41. The molecule has 0 N–H and O–H groups in total. The Hall–Kier alpha value is -9.50. The Morgan fingerprint density at radius 2 is 0.538 bits per heavy atom. The van der Waals surface area contributed by atoms with Crippen LogP contribution in [0.5, 0.6) is 0 Å². The van der Waals surface area contributed by atoms with E-state index < -0.39 is 0 Å². The third-order valence-corrected chi connectivity index (χ3v) is 16.8. The Bertz CT molecular complexity index is 4000. The zero-order chi connectivity index (χ0) is 52.5. The monoisotopic (exact) mass is 998 g/mol. The lowest BCUT2D eigenvalue weighted by Gasteiger charge is -2.28. The molecule has 12 aromatic rings. The molecular formula is C76H58N2. The summed E-state index contributed by atoms with van der Waals surface area (Å²) < 4.78 is 0. The minimum atomic E-state index is -0.188. The first kappa shape index (κ1) is 47.0. The fourth-order valence-electron chi connectivity index (χ4n) is 12.8. The number of fused-ring (bicyclic) bond motifs is 11. The Morgan fingerprint density at radius 3 is 0.885 bits per heavy atom. The van der Waals surface area contributed by atoms with Crippen LogP contribution in [0, 0.1) is 0 Å². The summed E-state index contributed by atoms with van der Waals surface area (Å²) >= 11 is 0. The minimum Gasteiger partial charge on any atom is -0.310 e. The second-order valence-corrected chi connectivity index (χ2v) is 22.1. The molecule has 2 aliphatic rings. The number of rotatable bonds is 10. The molecule has 0 heterocycles.